The van der Waals surface area contributed by atoms with Crippen molar-refractivity contribution in [3.63, 3.8) is 0 Å². The van der Waals surface area contributed by atoms with Crippen molar-refractivity contribution in [3.05, 3.63) is 31.3 Å². The molecular weight excluding hydrogens is 479 g/mol. The molecule has 0 bridgehead atoms. The van der Waals surface area contributed by atoms with Crippen LogP contribution in [-0.2, 0) is 22.6 Å². The van der Waals surface area contributed by atoms with E-state index in [2.05, 4.69) is 0 Å². The molecule has 1 N–H and O–H groups in total. The van der Waals surface area contributed by atoms with Gasteiger partial charge >= 0.3 is 17.8 Å². The Bertz CT molecular complexity index is 1190. The minimum absolute atomic E-state index is 0.0141. The van der Waals surface area contributed by atoms with Crippen molar-refractivity contribution < 1.29 is 32.6 Å². The van der Waals surface area contributed by atoms with E-state index in [4.69, 9.17) is 9.84 Å². The van der Waals surface area contributed by atoms with Gasteiger partial charge in [0.2, 0.25) is 0 Å². The fraction of sp³-hybridized carbons (Fsp3) is 0.619. The highest BCUT2D eigenvalue weighted by molar-refractivity contribution is 7.20. The van der Waals surface area contributed by atoms with Crippen molar-refractivity contribution in [3.8, 4) is 0 Å². The SMILES string of the molecule is COCCn1c(=O)c2c(C)c(C(=O)N3CCC(CC(=O)O)CC3)sc2n(CCC(F)(F)F)c1=O. The number of aliphatic carboxylic acids is 1. The average molecular weight is 506 g/mol. The Kier molecular flexibility index (Phi) is 7.86. The van der Waals surface area contributed by atoms with Crippen LogP contribution in [-0.4, -0.2) is 64.0 Å². The van der Waals surface area contributed by atoms with Crippen LogP contribution in [0.15, 0.2) is 9.59 Å². The number of piperidine rings is 1. The van der Waals surface area contributed by atoms with Crippen LogP contribution in [0.1, 0.15) is 40.9 Å². The second kappa shape index (κ2) is 10.3. The van der Waals surface area contributed by atoms with E-state index in [0.29, 0.717) is 31.5 Å². The number of rotatable bonds is 8. The first-order valence-corrected chi connectivity index (χ1v) is 11.6. The lowest BCUT2D eigenvalue weighted by Gasteiger charge is -2.31. The molecule has 188 valence electrons. The largest absolute Gasteiger partial charge is 0.481 e. The van der Waals surface area contributed by atoms with Crippen molar-refractivity contribution >= 4 is 33.4 Å². The molecule has 3 heterocycles. The lowest BCUT2D eigenvalue weighted by atomic mass is 9.93. The number of thiophene rings is 1. The summed E-state index contributed by atoms with van der Waals surface area (Å²) in [5, 5.41) is 9.01. The number of carbonyl (C=O) groups is 2. The van der Waals surface area contributed by atoms with Gasteiger partial charge in [-0.05, 0) is 31.2 Å². The van der Waals surface area contributed by atoms with Crippen molar-refractivity contribution in [2.45, 2.75) is 51.9 Å². The number of carboxylic acid groups (broad SMARTS) is 1. The second-order valence-electron chi connectivity index (χ2n) is 8.32. The van der Waals surface area contributed by atoms with Crippen LogP contribution in [0.3, 0.4) is 0 Å². The van der Waals surface area contributed by atoms with Gasteiger partial charge in [-0.2, -0.15) is 13.2 Å². The Morgan fingerprint density at radius 1 is 1.15 bits per heavy atom. The smallest absolute Gasteiger partial charge is 0.390 e. The summed E-state index contributed by atoms with van der Waals surface area (Å²) >= 11 is 0.841. The molecule has 9 nitrogen and oxygen atoms in total. The molecule has 2 aromatic heterocycles. The summed E-state index contributed by atoms with van der Waals surface area (Å²) in [5.41, 5.74) is -1.24. The zero-order chi connectivity index (χ0) is 25.2. The lowest BCUT2D eigenvalue weighted by Crippen LogP contribution is -2.41. The Morgan fingerprint density at radius 3 is 2.35 bits per heavy atom. The molecule has 1 fully saturated rings. The number of ether oxygens (including phenoxy) is 1. The van der Waals surface area contributed by atoms with Crippen molar-refractivity contribution in [2.24, 2.45) is 5.92 Å². The predicted molar refractivity (Wildman–Crippen MR) is 119 cm³/mol. The first-order chi connectivity index (χ1) is 15.9. The molecule has 3 rings (SSSR count). The Morgan fingerprint density at radius 2 is 1.79 bits per heavy atom. The molecule has 0 aromatic carbocycles. The summed E-state index contributed by atoms with van der Waals surface area (Å²) < 4.78 is 45.4. The van der Waals surface area contributed by atoms with Crippen molar-refractivity contribution in [1.29, 1.82) is 0 Å². The van der Waals surface area contributed by atoms with Gasteiger partial charge in [-0.25, -0.2) is 4.79 Å². The maximum atomic E-state index is 13.2. The maximum absolute atomic E-state index is 13.2. The normalized spacial score (nSPS) is 15.3. The highest BCUT2D eigenvalue weighted by Gasteiger charge is 2.31. The van der Waals surface area contributed by atoms with Crippen LogP contribution in [0, 0.1) is 12.8 Å². The minimum atomic E-state index is -4.51. The van der Waals surface area contributed by atoms with Gasteiger partial charge in [0.15, 0.2) is 0 Å². The zero-order valence-corrected chi connectivity index (χ0v) is 19.6. The first kappa shape index (κ1) is 25.9. The van der Waals surface area contributed by atoms with Crippen LogP contribution < -0.4 is 11.2 Å². The molecule has 0 radical (unpaired) electrons. The number of aromatic nitrogens is 2. The van der Waals surface area contributed by atoms with Gasteiger partial charge in [-0.3, -0.25) is 23.5 Å². The summed E-state index contributed by atoms with van der Waals surface area (Å²) in [6.45, 7) is 1.42. The summed E-state index contributed by atoms with van der Waals surface area (Å²) in [7, 11) is 1.37. The van der Waals surface area contributed by atoms with E-state index < -0.39 is 36.4 Å². The number of alkyl halides is 3. The van der Waals surface area contributed by atoms with E-state index in [1.54, 1.807) is 11.8 Å². The fourth-order valence-electron chi connectivity index (χ4n) is 4.14. The molecule has 1 aliphatic rings. The minimum Gasteiger partial charge on any atom is -0.481 e. The van der Waals surface area contributed by atoms with Crippen molar-refractivity contribution in [1.82, 2.24) is 14.0 Å². The topological polar surface area (TPSA) is 111 Å². The number of aryl methyl sites for hydroxylation is 2. The molecule has 1 saturated heterocycles. The Balaban J connectivity index is 2.03. The number of methoxy groups -OCH3 is 1. The molecule has 13 heteroatoms. The number of hydrogen-bond acceptors (Lipinski definition) is 6. The third-order valence-corrected chi connectivity index (χ3v) is 7.29. The summed E-state index contributed by atoms with van der Waals surface area (Å²) in [5.74, 6) is -1.32. The zero-order valence-electron chi connectivity index (χ0n) is 18.8. The number of fused-ring (bicyclic) bond motifs is 1. The molecule has 0 atom stereocenters. The third kappa shape index (κ3) is 5.52. The Labute approximate surface area is 196 Å². The number of amides is 1. The molecule has 0 spiro atoms. The summed E-state index contributed by atoms with van der Waals surface area (Å²) in [6, 6.07) is 0. The van der Waals surface area contributed by atoms with Gasteiger partial charge < -0.3 is 14.7 Å². The van der Waals surface area contributed by atoms with E-state index in [1.807, 2.05) is 0 Å². The van der Waals surface area contributed by atoms with Gasteiger partial charge in [0, 0.05) is 33.2 Å². The fourth-order valence-corrected chi connectivity index (χ4v) is 5.43. The molecule has 34 heavy (non-hydrogen) atoms. The molecule has 1 aliphatic heterocycles. The van der Waals surface area contributed by atoms with Crippen LogP contribution in [0.4, 0.5) is 13.2 Å². The number of carboxylic acids is 1. The summed E-state index contributed by atoms with van der Waals surface area (Å²) in [6.07, 6.45) is -4.72. The number of halogens is 3. The monoisotopic (exact) mass is 505 g/mol. The number of likely N-dealkylation sites (tertiary alicyclic amines) is 1. The lowest BCUT2D eigenvalue weighted by molar-refractivity contribution is -0.138. The highest BCUT2D eigenvalue weighted by atomic mass is 32.1. The summed E-state index contributed by atoms with van der Waals surface area (Å²) in [4.78, 5) is 51.9. The van der Waals surface area contributed by atoms with Crippen LogP contribution in [0.2, 0.25) is 0 Å². The van der Waals surface area contributed by atoms with Gasteiger partial charge in [-0.15, -0.1) is 11.3 Å². The van der Waals surface area contributed by atoms with E-state index in [9.17, 15) is 32.3 Å². The third-order valence-electron chi connectivity index (χ3n) is 5.99. The molecule has 0 unspecified atom stereocenters. The Hall–Kier alpha value is -2.67. The predicted octanol–water partition coefficient (Wildman–Crippen LogP) is 2.46. The van der Waals surface area contributed by atoms with Crippen LogP contribution in [0.5, 0.6) is 0 Å². The molecule has 1 amide bonds. The van der Waals surface area contributed by atoms with Gasteiger partial charge in [0.1, 0.15) is 4.83 Å². The van der Waals surface area contributed by atoms with Crippen molar-refractivity contribution in [2.75, 3.05) is 26.8 Å². The van der Waals surface area contributed by atoms with E-state index >= 15 is 0 Å². The highest BCUT2D eigenvalue weighted by Crippen LogP contribution is 2.31. The average Bonchev–Trinajstić information content (AvgIpc) is 3.09. The maximum Gasteiger partial charge on any atom is 0.390 e. The van der Waals surface area contributed by atoms with E-state index in [0.717, 1.165) is 20.5 Å². The number of hydrogen-bond donors (Lipinski definition) is 1. The second-order valence-corrected chi connectivity index (χ2v) is 9.32. The molecule has 2 aromatic rings. The van der Waals surface area contributed by atoms with E-state index in [-0.39, 0.29) is 46.5 Å². The van der Waals surface area contributed by atoms with Gasteiger partial charge in [0.05, 0.1) is 29.8 Å². The standard InChI is InChI=1S/C21H26F3N3O6S/c1-12-15-17(30)26(9-10-33-2)20(32)27(8-5-21(22,23)24)19(15)34-16(12)18(31)25-6-3-13(4-7-25)11-14(28)29/h13H,3-11H2,1-2H3,(H,28,29). The van der Waals surface area contributed by atoms with Gasteiger partial charge in [-0.1, -0.05) is 0 Å². The quantitative estimate of drug-likeness (QED) is 0.590. The van der Waals surface area contributed by atoms with Crippen LogP contribution >= 0.6 is 11.3 Å². The molecule has 0 saturated carbocycles. The number of nitrogens with zero attached hydrogens (tertiary/aromatic N) is 3. The molecular formula is C21H26F3N3O6S. The van der Waals surface area contributed by atoms with Crippen LogP contribution in [0.25, 0.3) is 10.2 Å². The van der Waals surface area contributed by atoms with Gasteiger partial charge in [0.25, 0.3) is 11.5 Å². The first-order valence-electron chi connectivity index (χ1n) is 10.8. The van der Waals surface area contributed by atoms with E-state index in [1.165, 1.54) is 7.11 Å². The molecule has 0 aliphatic carbocycles. The number of carbonyl (C=O) groups excluding carboxylic acids is 1.